The van der Waals surface area contributed by atoms with Crippen LogP contribution in [0.1, 0.15) is 5.56 Å². The summed E-state index contributed by atoms with van der Waals surface area (Å²) >= 11 is 0. The van der Waals surface area contributed by atoms with Crippen molar-refractivity contribution < 1.29 is 18.1 Å². The van der Waals surface area contributed by atoms with Crippen molar-refractivity contribution in [2.24, 2.45) is 0 Å². The predicted octanol–water partition coefficient (Wildman–Crippen LogP) is 0.949. The van der Waals surface area contributed by atoms with Crippen molar-refractivity contribution in [1.82, 2.24) is 4.98 Å². The first-order chi connectivity index (χ1) is 7.54. The molecule has 0 unspecified atom stereocenters. The Balaban J connectivity index is 2.78. The van der Waals surface area contributed by atoms with Gasteiger partial charge in [0.25, 0.3) is 0 Å². The van der Waals surface area contributed by atoms with Gasteiger partial charge in [0.05, 0.1) is 0 Å². The predicted molar refractivity (Wildman–Crippen MR) is 58.9 cm³/mol. The third-order valence-corrected chi connectivity index (χ3v) is 3.26. The van der Waals surface area contributed by atoms with Gasteiger partial charge >= 0.3 is 10.1 Å². The lowest BCUT2D eigenvalue weighted by molar-refractivity contribution is 0.299. The fraction of sp³-hybridized carbons (Fsp3) is 0.200. The van der Waals surface area contributed by atoms with Crippen molar-refractivity contribution in [3.63, 3.8) is 0 Å². The maximum absolute atomic E-state index is 11.1. The second-order valence-corrected chi connectivity index (χ2v) is 4.79. The summed E-state index contributed by atoms with van der Waals surface area (Å²) < 4.78 is 31.3. The van der Waals surface area contributed by atoms with Crippen LogP contribution in [0.2, 0.25) is 0 Å². The van der Waals surface area contributed by atoms with Crippen LogP contribution >= 0.6 is 0 Å². The van der Waals surface area contributed by atoms with Crippen LogP contribution in [0.3, 0.4) is 0 Å². The highest BCUT2D eigenvalue weighted by atomic mass is 32.2. The van der Waals surface area contributed by atoms with Crippen molar-refractivity contribution in [2.75, 3.05) is 6.61 Å². The van der Waals surface area contributed by atoms with Crippen molar-refractivity contribution in [2.45, 2.75) is 11.4 Å². The zero-order valence-electron chi connectivity index (χ0n) is 8.34. The zero-order valence-corrected chi connectivity index (χ0v) is 9.16. The van der Waals surface area contributed by atoms with E-state index in [9.17, 15) is 8.42 Å². The standard InChI is InChI=1S/C10H11NO4S/c12-6-5-8-7-3-1-2-4-9(7)11-10(8)16(13,14)15/h1-4,11-12H,5-6H2,(H,13,14,15). The Kier molecular flexibility index (Phi) is 2.71. The Bertz CT molecular complexity index is 615. The SMILES string of the molecule is O=S(=O)(O)c1[nH]c2ccccc2c1CCO. The molecule has 0 amide bonds. The van der Waals surface area contributed by atoms with Crippen molar-refractivity contribution in [3.8, 4) is 0 Å². The maximum Gasteiger partial charge on any atom is 0.310 e. The summed E-state index contributed by atoms with van der Waals surface area (Å²) in [4.78, 5) is 2.64. The molecule has 1 aromatic heterocycles. The van der Waals surface area contributed by atoms with Crippen LogP contribution < -0.4 is 0 Å². The molecule has 0 bridgehead atoms. The fourth-order valence-electron chi connectivity index (χ4n) is 1.76. The molecule has 0 fully saturated rings. The number of fused-ring (bicyclic) bond motifs is 1. The normalized spacial score (nSPS) is 12.1. The first-order valence-electron chi connectivity index (χ1n) is 4.72. The van der Waals surface area contributed by atoms with E-state index in [2.05, 4.69) is 4.98 Å². The van der Waals surface area contributed by atoms with Crippen molar-refractivity contribution in [1.29, 1.82) is 0 Å². The van der Waals surface area contributed by atoms with Gasteiger partial charge in [-0.2, -0.15) is 8.42 Å². The van der Waals surface area contributed by atoms with E-state index in [1.54, 1.807) is 24.3 Å². The molecule has 2 aromatic rings. The first-order valence-corrected chi connectivity index (χ1v) is 6.16. The minimum absolute atomic E-state index is 0.176. The molecule has 0 atom stereocenters. The number of rotatable bonds is 3. The molecule has 0 saturated heterocycles. The molecule has 16 heavy (non-hydrogen) atoms. The molecule has 1 aromatic carbocycles. The van der Waals surface area contributed by atoms with Crippen molar-refractivity contribution in [3.05, 3.63) is 29.8 Å². The average Bonchev–Trinajstić information content (AvgIpc) is 2.58. The van der Waals surface area contributed by atoms with E-state index < -0.39 is 10.1 Å². The van der Waals surface area contributed by atoms with E-state index in [1.807, 2.05) is 0 Å². The summed E-state index contributed by atoms with van der Waals surface area (Å²) in [5.41, 5.74) is 1.04. The number of aromatic nitrogens is 1. The van der Waals surface area contributed by atoms with Gasteiger partial charge in [0, 0.05) is 23.1 Å². The topological polar surface area (TPSA) is 90.4 Å². The number of hydrogen-bond donors (Lipinski definition) is 3. The largest absolute Gasteiger partial charge is 0.396 e. The van der Waals surface area contributed by atoms with Gasteiger partial charge in [-0.3, -0.25) is 4.55 Å². The molecule has 5 nitrogen and oxygen atoms in total. The van der Waals surface area contributed by atoms with Crippen LogP contribution in [0.5, 0.6) is 0 Å². The number of aliphatic hydroxyl groups excluding tert-OH is 1. The van der Waals surface area contributed by atoms with Gasteiger partial charge in [-0.15, -0.1) is 0 Å². The summed E-state index contributed by atoms with van der Waals surface area (Å²) in [6.45, 7) is -0.176. The zero-order chi connectivity index (χ0) is 11.8. The summed E-state index contributed by atoms with van der Waals surface area (Å²) in [5, 5.41) is 9.36. The average molecular weight is 241 g/mol. The molecular weight excluding hydrogens is 230 g/mol. The lowest BCUT2D eigenvalue weighted by Gasteiger charge is -1.99. The molecule has 0 radical (unpaired) electrons. The van der Waals surface area contributed by atoms with Crippen LogP contribution in [-0.2, 0) is 16.5 Å². The highest BCUT2D eigenvalue weighted by Gasteiger charge is 2.20. The van der Waals surface area contributed by atoms with E-state index >= 15 is 0 Å². The molecule has 0 aliphatic rings. The van der Waals surface area contributed by atoms with E-state index in [0.29, 0.717) is 16.5 Å². The molecule has 0 aliphatic carbocycles. The van der Waals surface area contributed by atoms with Gasteiger partial charge < -0.3 is 10.1 Å². The van der Waals surface area contributed by atoms with Crippen LogP contribution in [0, 0.1) is 0 Å². The van der Waals surface area contributed by atoms with Crippen LogP contribution in [0.4, 0.5) is 0 Å². The summed E-state index contributed by atoms with van der Waals surface area (Å²) in [6, 6.07) is 6.98. The number of H-pyrrole nitrogens is 1. The highest BCUT2D eigenvalue weighted by Crippen LogP contribution is 2.25. The highest BCUT2D eigenvalue weighted by molar-refractivity contribution is 7.85. The second kappa shape index (κ2) is 3.89. The lowest BCUT2D eigenvalue weighted by atomic mass is 10.1. The van der Waals surface area contributed by atoms with Gasteiger partial charge in [-0.1, -0.05) is 18.2 Å². The number of aromatic amines is 1. The van der Waals surface area contributed by atoms with E-state index in [4.69, 9.17) is 9.66 Å². The summed E-state index contributed by atoms with van der Waals surface area (Å²) in [6.07, 6.45) is 0.180. The quantitative estimate of drug-likeness (QED) is 0.698. The Hall–Kier alpha value is -1.37. The van der Waals surface area contributed by atoms with E-state index in [1.165, 1.54) is 0 Å². The summed E-state index contributed by atoms with van der Waals surface area (Å²) in [5.74, 6) is 0. The minimum atomic E-state index is -4.28. The van der Waals surface area contributed by atoms with Crippen LogP contribution in [0.15, 0.2) is 29.3 Å². The number of benzene rings is 1. The Morgan fingerprint density at radius 3 is 2.56 bits per heavy atom. The second-order valence-electron chi connectivity index (χ2n) is 3.43. The first kappa shape index (κ1) is 11.1. The molecule has 3 N–H and O–H groups in total. The number of hydrogen-bond acceptors (Lipinski definition) is 3. The smallest absolute Gasteiger partial charge is 0.310 e. The molecule has 6 heteroatoms. The third-order valence-electron chi connectivity index (χ3n) is 2.39. The minimum Gasteiger partial charge on any atom is -0.396 e. The van der Waals surface area contributed by atoms with Gasteiger partial charge in [0.1, 0.15) is 0 Å². The molecule has 2 rings (SSSR count). The molecule has 0 spiro atoms. The van der Waals surface area contributed by atoms with Crippen LogP contribution in [-0.4, -0.2) is 29.7 Å². The molecule has 0 saturated carbocycles. The number of para-hydroxylation sites is 1. The maximum atomic E-state index is 11.1. The number of aliphatic hydroxyl groups is 1. The molecule has 86 valence electrons. The Labute approximate surface area is 92.5 Å². The van der Waals surface area contributed by atoms with Crippen molar-refractivity contribution >= 4 is 21.0 Å². The molecule has 0 aliphatic heterocycles. The van der Waals surface area contributed by atoms with Gasteiger partial charge in [0.15, 0.2) is 5.03 Å². The number of nitrogens with one attached hydrogen (secondary N) is 1. The van der Waals surface area contributed by atoms with Crippen LogP contribution in [0.25, 0.3) is 10.9 Å². The monoisotopic (exact) mass is 241 g/mol. The lowest BCUT2D eigenvalue weighted by Crippen LogP contribution is -2.03. The Morgan fingerprint density at radius 1 is 1.25 bits per heavy atom. The van der Waals surface area contributed by atoms with Gasteiger partial charge in [-0.05, 0) is 12.5 Å². The van der Waals surface area contributed by atoms with E-state index in [-0.39, 0.29) is 18.1 Å². The Morgan fingerprint density at radius 2 is 1.94 bits per heavy atom. The fourth-order valence-corrected chi connectivity index (χ4v) is 2.52. The molecular formula is C10H11NO4S. The third kappa shape index (κ3) is 1.82. The summed E-state index contributed by atoms with van der Waals surface area (Å²) in [7, 11) is -4.28. The van der Waals surface area contributed by atoms with Gasteiger partial charge in [-0.25, -0.2) is 0 Å². The van der Waals surface area contributed by atoms with E-state index in [0.717, 1.165) is 0 Å². The molecule has 1 heterocycles. The van der Waals surface area contributed by atoms with Gasteiger partial charge in [0.2, 0.25) is 0 Å².